The molecule has 4 amide bonds. The molecule has 0 aromatic rings. The van der Waals surface area contributed by atoms with Crippen LogP contribution in [0.1, 0.15) is 12.8 Å². The number of carbonyl (C=O) groups is 4. The van der Waals surface area contributed by atoms with Crippen LogP contribution < -0.4 is 11.1 Å². The van der Waals surface area contributed by atoms with Crippen LogP contribution in [0.4, 0.5) is 9.59 Å². The highest BCUT2D eigenvalue weighted by molar-refractivity contribution is 6.07. The Morgan fingerprint density at radius 2 is 1.85 bits per heavy atom. The molecule has 2 saturated heterocycles. The van der Waals surface area contributed by atoms with Crippen molar-refractivity contribution in [1.29, 1.82) is 0 Å². The second-order valence-corrected chi connectivity index (χ2v) is 6.42. The van der Waals surface area contributed by atoms with Gasteiger partial charge in [-0.25, -0.2) is 19.3 Å². The van der Waals surface area contributed by atoms with Crippen LogP contribution in [0, 0.1) is 5.92 Å². The fraction of sp³-hybridized carbons (Fsp3) is 0.625. The van der Waals surface area contributed by atoms with Gasteiger partial charge < -0.3 is 30.7 Å². The number of urea groups is 1. The van der Waals surface area contributed by atoms with E-state index < -0.39 is 36.0 Å². The summed E-state index contributed by atoms with van der Waals surface area (Å²) in [4.78, 5) is 51.7. The second-order valence-electron chi connectivity index (χ2n) is 6.42. The third kappa shape index (κ3) is 4.41. The molecule has 2 fully saturated rings. The lowest BCUT2D eigenvalue weighted by Gasteiger charge is -2.46. The molecule has 0 bridgehead atoms. The number of hydrogen-bond donors (Lipinski definition) is 3. The van der Waals surface area contributed by atoms with Crippen LogP contribution in [0.25, 0.3) is 0 Å². The van der Waals surface area contributed by atoms with E-state index in [1.54, 1.807) is 0 Å². The van der Waals surface area contributed by atoms with Crippen molar-refractivity contribution in [2.24, 2.45) is 11.7 Å². The van der Waals surface area contributed by atoms with Gasteiger partial charge in [-0.3, -0.25) is 4.79 Å². The molecule has 11 heteroatoms. The Hall–Kier alpha value is -2.98. The number of ether oxygens (including phenoxy) is 1. The molecule has 27 heavy (non-hydrogen) atoms. The number of hydrogen-bond acceptors (Lipinski definition) is 7. The van der Waals surface area contributed by atoms with Gasteiger partial charge in [0.1, 0.15) is 0 Å². The summed E-state index contributed by atoms with van der Waals surface area (Å²) in [7, 11) is 1.27. The van der Waals surface area contributed by atoms with E-state index in [9.17, 15) is 24.3 Å². The number of β-lactam (4-membered cyclic amide) rings is 1. The molecule has 0 aromatic heterocycles. The fourth-order valence-electron chi connectivity index (χ4n) is 3.26. The summed E-state index contributed by atoms with van der Waals surface area (Å²) < 4.78 is 4.63. The van der Waals surface area contributed by atoms with Crippen molar-refractivity contribution >= 4 is 24.0 Å². The van der Waals surface area contributed by atoms with Gasteiger partial charge in [0.15, 0.2) is 6.04 Å². The van der Waals surface area contributed by atoms with Gasteiger partial charge in [-0.05, 0) is 12.8 Å². The number of carbonyl (C=O) groups excluding carboxylic acids is 3. The Bertz CT molecular complexity index is 631. The molecule has 2 rings (SSSR count). The van der Waals surface area contributed by atoms with Gasteiger partial charge in [-0.15, -0.1) is 0 Å². The number of imide groups is 1. The molecule has 0 aromatic carbocycles. The summed E-state index contributed by atoms with van der Waals surface area (Å²) in [5.74, 6) is -2.14. The lowest BCUT2D eigenvalue weighted by Crippen LogP contribution is -2.69. The van der Waals surface area contributed by atoms with Gasteiger partial charge in [0.25, 0.3) is 0 Å². The third-order valence-electron chi connectivity index (χ3n) is 4.70. The smallest absolute Gasteiger partial charge is 0.409 e. The quantitative estimate of drug-likeness (QED) is 0.399. The van der Waals surface area contributed by atoms with Gasteiger partial charge >= 0.3 is 18.1 Å². The fourth-order valence-corrected chi connectivity index (χ4v) is 3.26. The molecule has 0 radical (unpaired) electrons. The summed E-state index contributed by atoms with van der Waals surface area (Å²) in [6, 6.07) is -1.81. The van der Waals surface area contributed by atoms with Crippen LogP contribution >= 0.6 is 0 Å². The standard InChI is InChI=1S/C16H25N5O6/c1-10(17)18-5-3-4-11-12(14(23)24)21(13(11)22)15(25)19-6-8-20(9-7-19)16(26)27-2/h11-12,18H,1,3-9,17H2,2H3,(H,23,24). The first-order chi connectivity index (χ1) is 12.8. The highest BCUT2D eigenvalue weighted by Gasteiger charge is 2.55. The van der Waals surface area contributed by atoms with E-state index in [4.69, 9.17) is 5.73 Å². The van der Waals surface area contributed by atoms with Crippen LogP contribution in [0.3, 0.4) is 0 Å². The minimum Gasteiger partial charge on any atom is -0.480 e. The van der Waals surface area contributed by atoms with Crippen LogP contribution in [-0.2, 0) is 14.3 Å². The van der Waals surface area contributed by atoms with E-state index in [0.29, 0.717) is 25.2 Å². The molecule has 150 valence electrons. The number of methoxy groups -OCH3 is 1. The maximum Gasteiger partial charge on any atom is 0.409 e. The van der Waals surface area contributed by atoms with Gasteiger partial charge in [0.05, 0.1) is 18.8 Å². The van der Waals surface area contributed by atoms with Crippen molar-refractivity contribution in [1.82, 2.24) is 20.0 Å². The van der Waals surface area contributed by atoms with E-state index in [-0.39, 0.29) is 26.2 Å². The Morgan fingerprint density at radius 3 is 2.37 bits per heavy atom. The third-order valence-corrected chi connectivity index (χ3v) is 4.70. The first kappa shape index (κ1) is 20.3. The average molecular weight is 383 g/mol. The number of nitrogens with one attached hydrogen (secondary N) is 1. The minimum absolute atomic E-state index is 0.206. The largest absolute Gasteiger partial charge is 0.480 e. The van der Waals surface area contributed by atoms with Gasteiger partial charge in [-0.1, -0.05) is 6.58 Å². The summed E-state index contributed by atoms with van der Waals surface area (Å²) in [5.41, 5.74) is 5.38. The van der Waals surface area contributed by atoms with Crippen molar-refractivity contribution in [2.45, 2.75) is 18.9 Å². The van der Waals surface area contributed by atoms with Crippen molar-refractivity contribution in [3.05, 3.63) is 12.4 Å². The van der Waals surface area contributed by atoms with Gasteiger partial charge in [-0.2, -0.15) is 0 Å². The summed E-state index contributed by atoms with van der Waals surface area (Å²) in [5, 5.41) is 12.3. The molecule has 2 aliphatic rings. The Kier molecular flexibility index (Phi) is 6.48. The topological polar surface area (TPSA) is 146 Å². The zero-order valence-corrected chi connectivity index (χ0v) is 15.2. The van der Waals surface area contributed by atoms with E-state index in [0.717, 1.165) is 4.90 Å². The van der Waals surface area contributed by atoms with Crippen molar-refractivity contribution in [3.63, 3.8) is 0 Å². The number of piperazine rings is 1. The number of carboxylic acid groups (broad SMARTS) is 1. The number of rotatable bonds is 6. The summed E-state index contributed by atoms with van der Waals surface area (Å²) in [6.07, 6.45) is 0.367. The Balaban J connectivity index is 1.92. The van der Waals surface area contributed by atoms with E-state index in [2.05, 4.69) is 16.6 Å². The minimum atomic E-state index is -1.21. The number of nitrogens with zero attached hydrogens (tertiary/aromatic N) is 3. The molecular weight excluding hydrogens is 358 g/mol. The van der Waals surface area contributed by atoms with Crippen molar-refractivity contribution in [3.8, 4) is 0 Å². The lowest BCUT2D eigenvalue weighted by atomic mass is 9.83. The normalized spacial score (nSPS) is 22.1. The van der Waals surface area contributed by atoms with Gasteiger partial charge in [0, 0.05) is 32.7 Å². The highest BCUT2D eigenvalue weighted by Crippen LogP contribution is 2.32. The molecule has 0 saturated carbocycles. The monoisotopic (exact) mass is 383 g/mol. The van der Waals surface area contributed by atoms with E-state index in [1.165, 1.54) is 16.9 Å². The molecule has 0 aliphatic carbocycles. The molecule has 2 heterocycles. The Labute approximate surface area is 156 Å². The molecule has 4 N–H and O–H groups in total. The number of carboxylic acids is 1. The Morgan fingerprint density at radius 1 is 1.26 bits per heavy atom. The first-order valence-corrected chi connectivity index (χ1v) is 8.63. The number of nitrogens with two attached hydrogens (primary N) is 1. The van der Waals surface area contributed by atoms with Crippen LogP contribution in [0.2, 0.25) is 0 Å². The second kappa shape index (κ2) is 8.60. The number of amides is 4. The van der Waals surface area contributed by atoms with Gasteiger partial charge in [0.2, 0.25) is 5.91 Å². The predicted octanol–water partition coefficient (Wildman–Crippen LogP) is -0.798. The van der Waals surface area contributed by atoms with Crippen molar-refractivity contribution in [2.75, 3.05) is 39.8 Å². The zero-order chi connectivity index (χ0) is 20.1. The number of likely N-dealkylation sites (tertiary alicyclic amines) is 1. The lowest BCUT2D eigenvalue weighted by molar-refractivity contribution is -0.167. The van der Waals surface area contributed by atoms with Crippen LogP contribution in [0.5, 0.6) is 0 Å². The van der Waals surface area contributed by atoms with E-state index in [1.807, 2.05) is 0 Å². The SMILES string of the molecule is C=C(N)NCCCC1C(=O)N(C(=O)N2CCN(C(=O)OC)CC2)C1C(=O)O. The molecule has 11 nitrogen and oxygen atoms in total. The van der Waals surface area contributed by atoms with E-state index >= 15 is 0 Å². The summed E-state index contributed by atoms with van der Waals surface area (Å²) in [6.45, 7) is 4.89. The highest BCUT2D eigenvalue weighted by atomic mass is 16.5. The predicted molar refractivity (Wildman–Crippen MR) is 93.3 cm³/mol. The zero-order valence-electron chi connectivity index (χ0n) is 15.2. The first-order valence-electron chi connectivity index (χ1n) is 8.63. The van der Waals surface area contributed by atoms with Crippen LogP contribution in [0.15, 0.2) is 12.4 Å². The maximum absolute atomic E-state index is 12.6. The van der Waals surface area contributed by atoms with Crippen LogP contribution in [-0.4, -0.2) is 89.7 Å². The maximum atomic E-state index is 12.6. The average Bonchev–Trinajstić information content (AvgIpc) is 2.64. The summed E-state index contributed by atoms with van der Waals surface area (Å²) >= 11 is 0. The molecule has 2 aliphatic heterocycles. The molecule has 2 unspecified atom stereocenters. The van der Waals surface area contributed by atoms with Crippen molar-refractivity contribution < 1.29 is 29.0 Å². The molecular formula is C16H25N5O6. The molecule has 0 spiro atoms. The number of aliphatic carboxylic acids is 1. The molecule has 2 atom stereocenters.